The van der Waals surface area contributed by atoms with Crippen molar-refractivity contribution in [2.45, 2.75) is 70.4 Å². The van der Waals surface area contributed by atoms with E-state index in [4.69, 9.17) is 11.2 Å². The Kier molecular flexibility index (Phi) is 7.02. The smallest absolute Gasteiger partial charge is 0.329 e. The summed E-state index contributed by atoms with van der Waals surface area (Å²) in [5.74, 6) is 1.34. The molecule has 0 saturated carbocycles. The molecule has 2 heterocycles. The third-order valence-corrected chi connectivity index (χ3v) is 6.43. The van der Waals surface area contributed by atoms with E-state index in [0.29, 0.717) is 17.0 Å². The fraction of sp³-hybridized carbons (Fsp3) is 0.481. The van der Waals surface area contributed by atoms with E-state index >= 15 is 0 Å². The van der Waals surface area contributed by atoms with Crippen molar-refractivity contribution >= 4 is 11.9 Å². The SMILES string of the molecule is C#CC1[C@@H](c2cnccn2)C[C@@](CC(C)C)(C(=O)O)N1C(=O)c1ccc(C(C)(C)C)c(OC)c1. The predicted octanol–water partition coefficient (Wildman–Crippen LogP) is 4.28. The maximum absolute atomic E-state index is 14.0. The zero-order chi connectivity index (χ0) is 25.3. The molecule has 0 bridgehead atoms. The second-order valence-corrected chi connectivity index (χ2v) is 10.3. The highest BCUT2D eigenvalue weighted by Gasteiger charge is 2.59. The molecule has 1 amide bonds. The fourth-order valence-electron chi connectivity index (χ4n) is 5.02. The van der Waals surface area contributed by atoms with Crippen molar-refractivity contribution in [3.63, 3.8) is 0 Å². The van der Waals surface area contributed by atoms with Gasteiger partial charge in [-0.25, -0.2) is 4.79 Å². The Balaban J connectivity index is 2.17. The van der Waals surface area contributed by atoms with Gasteiger partial charge < -0.3 is 14.7 Å². The van der Waals surface area contributed by atoms with Crippen molar-refractivity contribution in [2.24, 2.45) is 5.92 Å². The van der Waals surface area contributed by atoms with Crippen LogP contribution in [0.2, 0.25) is 0 Å². The Morgan fingerprint density at radius 1 is 1.32 bits per heavy atom. The number of aliphatic carboxylic acids is 1. The van der Waals surface area contributed by atoms with Crippen molar-refractivity contribution < 1.29 is 19.4 Å². The summed E-state index contributed by atoms with van der Waals surface area (Å²) >= 11 is 0. The number of carboxylic acid groups (broad SMARTS) is 1. The third-order valence-electron chi connectivity index (χ3n) is 6.43. The number of ether oxygens (including phenoxy) is 1. The van der Waals surface area contributed by atoms with Crippen molar-refractivity contribution in [2.75, 3.05) is 7.11 Å². The molecule has 34 heavy (non-hydrogen) atoms. The molecule has 1 aliphatic heterocycles. The van der Waals surface area contributed by atoms with Crippen molar-refractivity contribution in [1.29, 1.82) is 0 Å². The number of carboxylic acids is 1. The highest BCUT2D eigenvalue weighted by atomic mass is 16.5. The number of rotatable bonds is 6. The molecule has 7 nitrogen and oxygen atoms in total. The largest absolute Gasteiger partial charge is 0.496 e. The number of methoxy groups -OCH3 is 1. The number of aromatic nitrogens is 2. The standard InChI is InChI=1S/C27H33N3O4/c1-8-22-19(21-16-28-11-12-29-21)15-27(25(32)33,14-17(2)3)30(22)24(31)18-9-10-20(26(4,5)6)23(13-18)34-7/h1,9-13,16-17,19,22H,14-15H2,2-7H3,(H,32,33)/t19-,22?,27+/m1/s1. The molecule has 1 aliphatic rings. The van der Waals surface area contributed by atoms with Crippen LogP contribution >= 0.6 is 0 Å². The number of carbonyl (C=O) groups is 2. The van der Waals surface area contributed by atoms with Gasteiger partial charge in [0.15, 0.2) is 0 Å². The molecule has 1 saturated heterocycles. The van der Waals surface area contributed by atoms with E-state index in [2.05, 4.69) is 36.7 Å². The number of terminal acetylenes is 1. The van der Waals surface area contributed by atoms with Crippen LogP contribution in [0.3, 0.4) is 0 Å². The summed E-state index contributed by atoms with van der Waals surface area (Å²) < 4.78 is 5.59. The molecule has 1 aromatic heterocycles. The Morgan fingerprint density at radius 2 is 2.03 bits per heavy atom. The highest BCUT2D eigenvalue weighted by molar-refractivity contribution is 5.99. The minimum atomic E-state index is -1.47. The minimum Gasteiger partial charge on any atom is -0.496 e. The van der Waals surface area contributed by atoms with Gasteiger partial charge in [0.1, 0.15) is 17.3 Å². The van der Waals surface area contributed by atoms with Gasteiger partial charge in [-0.2, -0.15) is 0 Å². The molecule has 0 radical (unpaired) electrons. The molecule has 1 unspecified atom stereocenters. The van der Waals surface area contributed by atoms with Gasteiger partial charge in [0.05, 0.1) is 12.8 Å². The molecule has 1 fully saturated rings. The van der Waals surface area contributed by atoms with Gasteiger partial charge in [0, 0.05) is 30.1 Å². The first-order valence-corrected chi connectivity index (χ1v) is 11.4. The lowest BCUT2D eigenvalue weighted by atomic mass is 9.82. The Bertz CT molecular complexity index is 1100. The minimum absolute atomic E-state index is 0.0169. The highest BCUT2D eigenvalue weighted by Crippen LogP contribution is 2.47. The van der Waals surface area contributed by atoms with E-state index in [1.165, 1.54) is 4.90 Å². The lowest BCUT2D eigenvalue weighted by Crippen LogP contribution is -2.56. The van der Waals surface area contributed by atoms with Crippen LogP contribution in [0.25, 0.3) is 0 Å². The van der Waals surface area contributed by atoms with E-state index in [-0.39, 0.29) is 24.2 Å². The number of nitrogens with zero attached hydrogens (tertiary/aromatic N) is 3. The molecular weight excluding hydrogens is 430 g/mol. The van der Waals surface area contributed by atoms with E-state index in [9.17, 15) is 14.7 Å². The Labute approximate surface area is 201 Å². The van der Waals surface area contributed by atoms with Gasteiger partial charge in [-0.1, -0.05) is 46.6 Å². The van der Waals surface area contributed by atoms with Gasteiger partial charge in [0.2, 0.25) is 0 Å². The first-order valence-electron chi connectivity index (χ1n) is 11.4. The van der Waals surface area contributed by atoms with Gasteiger partial charge in [-0.3, -0.25) is 14.8 Å². The topological polar surface area (TPSA) is 92.6 Å². The van der Waals surface area contributed by atoms with Crippen molar-refractivity contribution in [3.8, 4) is 18.1 Å². The summed E-state index contributed by atoms with van der Waals surface area (Å²) in [6.07, 6.45) is 11.1. The molecule has 180 valence electrons. The summed E-state index contributed by atoms with van der Waals surface area (Å²) in [6.45, 7) is 10.1. The van der Waals surface area contributed by atoms with Crippen LogP contribution < -0.4 is 4.74 Å². The second kappa shape index (κ2) is 9.46. The van der Waals surface area contributed by atoms with Crippen LogP contribution in [0.1, 0.15) is 75.0 Å². The van der Waals surface area contributed by atoms with Crippen LogP contribution in [0.4, 0.5) is 0 Å². The predicted molar refractivity (Wildman–Crippen MR) is 130 cm³/mol. The molecule has 0 aliphatic carbocycles. The fourth-order valence-corrected chi connectivity index (χ4v) is 5.02. The summed E-state index contributed by atoms with van der Waals surface area (Å²) in [4.78, 5) is 36.7. The normalized spacial score (nSPS) is 22.5. The molecule has 7 heteroatoms. The average molecular weight is 464 g/mol. The summed E-state index contributed by atoms with van der Waals surface area (Å²) in [5.41, 5.74) is 0.197. The zero-order valence-corrected chi connectivity index (χ0v) is 20.7. The van der Waals surface area contributed by atoms with E-state index in [0.717, 1.165) is 5.56 Å². The Morgan fingerprint density at radius 3 is 2.53 bits per heavy atom. The maximum atomic E-state index is 14.0. The van der Waals surface area contributed by atoms with Gasteiger partial charge >= 0.3 is 5.97 Å². The molecule has 2 aromatic rings. The van der Waals surface area contributed by atoms with Crippen LogP contribution in [-0.4, -0.2) is 50.5 Å². The van der Waals surface area contributed by atoms with Gasteiger partial charge in [-0.05, 0) is 41.9 Å². The van der Waals surface area contributed by atoms with Crippen molar-refractivity contribution in [3.05, 3.63) is 53.6 Å². The molecule has 0 spiro atoms. The van der Waals surface area contributed by atoms with Crippen molar-refractivity contribution in [1.82, 2.24) is 14.9 Å². The maximum Gasteiger partial charge on any atom is 0.329 e. The van der Waals surface area contributed by atoms with Crippen LogP contribution in [-0.2, 0) is 10.2 Å². The summed E-state index contributed by atoms with van der Waals surface area (Å²) in [7, 11) is 1.56. The molecule has 1 N–H and O–H groups in total. The summed E-state index contributed by atoms with van der Waals surface area (Å²) in [6, 6.07) is 4.47. The number of amides is 1. The first-order chi connectivity index (χ1) is 16.0. The van der Waals surface area contributed by atoms with Crippen LogP contribution in [0, 0.1) is 18.3 Å². The molecule has 1 aromatic carbocycles. The quantitative estimate of drug-likeness (QED) is 0.643. The number of benzene rings is 1. The molecule has 3 rings (SSSR count). The number of hydrogen-bond donors (Lipinski definition) is 1. The van der Waals surface area contributed by atoms with E-state index < -0.39 is 29.4 Å². The third kappa shape index (κ3) is 4.50. The van der Waals surface area contributed by atoms with E-state index in [1.54, 1.807) is 37.8 Å². The number of likely N-dealkylation sites (tertiary alicyclic amines) is 1. The lowest BCUT2D eigenvalue weighted by Gasteiger charge is -2.38. The number of hydrogen-bond acceptors (Lipinski definition) is 5. The van der Waals surface area contributed by atoms with E-state index in [1.807, 2.05) is 19.9 Å². The summed E-state index contributed by atoms with van der Waals surface area (Å²) in [5, 5.41) is 10.5. The van der Waals surface area contributed by atoms with Crippen LogP contribution in [0.15, 0.2) is 36.8 Å². The second-order valence-electron chi connectivity index (χ2n) is 10.3. The molecule has 3 atom stereocenters. The van der Waals surface area contributed by atoms with Gasteiger partial charge in [-0.15, -0.1) is 6.42 Å². The monoisotopic (exact) mass is 463 g/mol. The zero-order valence-electron chi connectivity index (χ0n) is 20.7. The molecular formula is C27H33N3O4. The average Bonchev–Trinajstić information content (AvgIpc) is 3.12. The first kappa shape index (κ1) is 25.2. The van der Waals surface area contributed by atoms with Crippen LogP contribution in [0.5, 0.6) is 5.75 Å². The number of carbonyl (C=O) groups excluding carboxylic acids is 1. The van der Waals surface area contributed by atoms with Gasteiger partial charge in [0.25, 0.3) is 5.91 Å². The Hall–Kier alpha value is -3.40. The lowest BCUT2D eigenvalue weighted by molar-refractivity contribution is -0.149.